The molecule has 0 bridgehead atoms. The zero-order chi connectivity index (χ0) is 11.9. The molecule has 0 aromatic carbocycles. The van der Waals surface area contributed by atoms with E-state index in [2.05, 4.69) is 24.1 Å². The standard InChI is InChI=1S/C12H11N5O.ClH/c1-2-9(18-5-1)6-13-11-10-12-16(7-14-10)3-4-17(12)8-15-11;/h1-2,5,7-8H,3-4,6H2;1H. The summed E-state index contributed by atoms with van der Waals surface area (Å²) >= 11 is 0. The molecule has 0 fully saturated rings. The van der Waals surface area contributed by atoms with E-state index in [-0.39, 0.29) is 12.4 Å². The topological polar surface area (TPSA) is 61.1 Å². The molecule has 0 spiro atoms. The van der Waals surface area contributed by atoms with Crippen molar-refractivity contribution in [3.8, 4) is 0 Å². The Morgan fingerprint density at radius 1 is 1.21 bits per heavy atom. The Labute approximate surface area is 114 Å². The monoisotopic (exact) mass is 277 g/mol. The van der Waals surface area contributed by atoms with Crippen molar-refractivity contribution in [2.75, 3.05) is 0 Å². The third kappa shape index (κ3) is 1.84. The van der Waals surface area contributed by atoms with Crippen LogP contribution >= 0.6 is 12.4 Å². The molecule has 0 N–H and O–H groups in total. The molecule has 0 unspecified atom stereocenters. The fraction of sp³-hybridized carbons (Fsp3) is 0.250. The Balaban J connectivity index is 0.00000110. The first-order valence-corrected chi connectivity index (χ1v) is 5.85. The minimum absolute atomic E-state index is 0. The number of hydrogen-bond acceptors (Lipinski definition) is 4. The summed E-state index contributed by atoms with van der Waals surface area (Å²) in [4.78, 5) is 13.2. The molecule has 4 rings (SSSR count). The minimum Gasteiger partial charge on any atom is -0.467 e. The zero-order valence-corrected chi connectivity index (χ0v) is 10.9. The molecule has 0 aliphatic carbocycles. The van der Waals surface area contributed by atoms with Gasteiger partial charge in [-0.15, -0.1) is 12.4 Å². The van der Waals surface area contributed by atoms with Crippen molar-refractivity contribution in [1.82, 2.24) is 19.1 Å². The van der Waals surface area contributed by atoms with E-state index in [1.54, 1.807) is 6.26 Å². The summed E-state index contributed by atoms with van der Waals surface area (Å²) in [5.74, 6) is 0.830. The summed E-state index contributed by atoms with van der Waals surface area (Å²) in [6, 6.07) is 3.76. The van der Waals surface area contributed by atoms with Gasteiger partial charge in [-0.3, -0.25) is 4.99 Å². The summed E-state index contributed by atoms with van der Waals surface area (Å²) in [5, 5.41) is 0. The van der Waals surface area contributed by atoms with E-state index in [1.165, 1.54) is 0 Å². The van der Waals surface area contributed by atoms with Crippen molar-refractivity contribution in [2.45, 2.75) is 19.6 Å². The van der Waals surface area contributed by atoms with Gasteiger partial charge in [0.25, 0.3) is 0 Å². The van der Waals surface area contributed by atoms with Gasteiger partial charge in [0.2, 0.25) is 0 Å². The van der Waals surface area contributed by atoms with E-state index in [0.29, 0.717) is 12.0 Å². The van der Waals surface area contributed by atoms with Gasteiger partial charge in [-0.1, -0.05) is 0 Å². The summed E-state index contributed by atoms with van der Waals surface area (Å²) in [7, 11) is 0. The molecule has 6 nitrogen and oxygen atoms in total. The first-order valence-electron chi connectivity index (χ1n) is 5.85. The molecule has 3 aromatic heterocycles. The fourth-order valence-electron chi connectivity index (χ4n) is 2.29. The maximum Gasteiger partial charge on any atom is 0.179 e. The number of imidazole rings is 1. The summed E-state index contributed by atoms with van der Waals surface area (Å²) < 4.78 is 9.49. The quantitative estimate of drug-likeness (QED) is 0.711. The predicted octanol–water partition coefficient (Wildman–Crippen LogP) is 1.36. The zero-order valence-electron chi connectivity index (χ0n) is 10.1. The van der Waals surface area contributed by atoms with E-state index in [9.17, 15) is 0 Å². The van der Waals surface area contributed by atoms with Gasteiger partial charge < -0.3 is 13.6 Å². The summed E-state index contributed by atoms with van der Waals surface area (Å²) in [5.41, 5.74) is 2.64. The van der Waals surface area contributed by atoms with Gasteiger partial charge >= 0.3 is 0 Å². The van der Waals surface area contributed by atoms with Crippen LogP contribution in [-0.2, 0) is 19.6 Å². The molecule has 3 aromatic rings. The second-order valence-electron chi connectivity index (χ2n) is 4.27. The Kier molecular flexibility index (Phi) is 2.87. The minimum atomic E-state index is 0. The van der Waals surface area contributed by atoms with Crippen LogP contribution < -0.4 is 5.49 Å². The molecule has 0 radical (unpaired) electrons. The number of aryl methyl sites for hydroxylation is 2. The van der Waals surface area contributed by atoms with Gasteiger partial charge in [0, 0.05) is 13.1 Å². The molecule has 0 saturated carbocycles. The van der Waals surface area contributed by atoms with Gasteiger partial charge in [-0.2, -0.15) is 0 Å². The lowest BCUT2D eigenvalue weighted by atomic mass is 10.4. The van der Waals surface area contributed by atoms with Crippen molar-refractivity contribution < 1.29 is 4.42 Å². The molecular formula is C12H12ClN5O. The van der Waals surface area contributed by atoms with Gasteiger partial charge in [0.05, 0.1) is 25.5 Å². The van der Waals surface area contributed by atoms with Crippen molar-refractivity contribution in [3.05, 3.63) is 42.3 Å². The van der Waals surface area contributed by atoms with Gasteiger partial charge in [-0.05, 0) is 12.1 Å². The van der Waals surface area contributed by atoms with Crippen LogP contribution in [0.1, 0.15) is 5.76 Å². The number of rotatable bonds is 2. The maximum atomic E-state index is 5.26. The van der Waals surface area contributed by atoms with Crippen LogP contribution in [0.3, 0.4) is 0 Å². The SMILES string of the molecule is Cl.c1coc(CN=c2ncn3c4c2ncn4CC3)c1. The summed E-state index contributed by atoms with van der Waals surface area (Å²) in [6.07, 6.45) is 5.33. The number of hydrogen-bond donors (Lipinski definition) is 0. The van der Waals surface area contributed by atoms with Crippen LogP contribution in [0.15, 0.2) is 40.5 Å². The molecular weight excluding hydrogens is 266 g/mol. The van der Waals surface area contributed by atoms with Crippen molar-refractivity contribution in [3.63, 3.8) is 0 Å². The Bertz CT molecular complexity index is 771. The molecule has 1 aliphatic heterocycles. The summed E-state index contributed by atoms with van der Waals surface area (Å²) in [6.45, 7) is 2.41. The molecule has 98 valence electrons. The van der Waals surface area contributed by atoms with Crippen LogP contribution in [-0.4, -0.2) is 19.1 Å². The highest BCUT2D eigenvalue weighted by atomic mass is 35.5. The van der Waals surface area contributed by atoms with Crippen LogP contribution in [0, 0.1) is 0 Å². The van der Waals surface area contributed by atoms with E-state index in [4.69, 9.17) is 4.42 Å². The average Bonchev–Trinajstić information content (AvgIpc) is 3.10. The number of furan rings is 1. The van der Waals surface area contributed by atoms with Gasteiger partial charge in [0.15, 0.2) is 11.0 Å². The maximum absolute atomic E-state index is 5.26. The van der Waals surface area contributed by atoms with E-state index in [0.717, 1.165) is 30.0 Å². The molecule has 19 heavy (non-hydrogen) atoms. The van der Waals surface area contributed by atoms with E-state index >= 15 is 0 Å². The fourth-order valence-corrected chi connectivity index (χ4v) is 2.29. The molecule has 1 aliphatic rings. The Morgan fingerprint density at radius 2 is 2.00 bits per heavy atom. The third-order valence-electron chi connectivity index (χ3n) is 3.16. The highest BCUT2D eigenvalue weighted by Gasteiger charge is 2.14. The average molecular weight is 278 g/mol. The normalized spacial score (nSPS) is 14.0. The number of halogens is 1. The largest absolute Gasteiger partial charge is 0.467 e. The van der Waals surface area contributed by atoms with Crippen LogP contribution in [0.25, 0.3) is 11.2 Å². The molecule has 0 amide bonds. The number of aromatic nitrogens is 4. The molecule has 7 heteroatoms. The Morgan fingerprint density at radius 3 is 2.74 bits per heavy atom. The van der Waals surface area contributed by atoms with Crippen molar-refractivity contribution >= 4 is 23.6 Å². The third-order valence-corrected chi connectivity index (χ3v) is 3.16. The first kappa shape index (κ1) is 12.0. The predicted molar refractivity (Wildman–Crippen MR) is 70.7 cm³/mol. The smallest absolute Gasteiger partial charge is 0.179 e. The second kappa shape index (κ2) is 4.55. The van der Waals surface area contributed by atoms with E-state index in [1.807, 2.05) is 24.8 Å². The van der Waals surface area contributed by atoms with E-state index < -0.39 is 0 Å². The molecule has 0 atom stereocenters. The lowest BCUT2D eigenvalue weighted by Crippen LogP contribution is -2.13. The highest BCUT2D eigenvalue weighted by Crippen LogP contribution is 2.14. The Hall–Kier alpha value is -2.08. The lowest BCUT2D eigenvalue weighted by molar-refractivity contribution is 0.510. The van der Waals surface area contributed by atoms with Gasteiger partial charge in [-0.25, -0.2) is 9.97 Å². The van der Waals surface area contributed by atoms with Crippen molar-refractivity contribution in [1.29, 1.82) is 0 Å². The lowest BCUT2D eigenvalue weighted by Gasteiger charge is -1.98. The second-order valence-corrected chi connectivity index (χ2v) is 4.27. The van der Waals surface area contributed by atoms with Crippen LogP contribution in [0.4, 0.5) is 0 Å². The first-order chi connectivity index (χ1) is 8.92. The van der Waals surface area contributed by atoms with Gasteiger partial charge in [0.1, 0.15) is 11.4 Å². The molecule has 0 saturated heterocycles. The van der Waals surface area contributed by atoms with Crippen LogP contribution in [0.5, 0.6) is 0 Å². The number of nitrogens with zero attached hydrogens (tertiary/aromatic N) is 5. The molecule has 4 heterocycles. The van der Waals surface area contributed by atoms with Crippen molar-refractivity contribution in [2.24, 2.45) is 4.99 Å². The van der Waals surface area contributed by atoms with Crippen LogP contribution in [0.2, 0.25) is 0 Å². The highest BCUT2D eigenvalue weighted by molar-refractivity contribution is 5.85.